The summed E-state index contributed by atoms with van der Waals surface area (Å²) in [4.78, 5) is 15.1. The minimum Gasteiger partial charge on any atom is -0.459 e. The van der Waals surface area contributed by atoms with Crippen LogP contribution in [0.15, 0.2) is 65.3 Å². The van der Waals surface area contributed by atoms with Crippen LogP contribution in [0.4, 0.5) is 11.4 Å². The predicted octanol–water partition coefficient (Wildman–Crippen LogP) is 3.35. The molecule has 33 heavy (non-hydrogen) atoms. The topological polar surface area (TPSA) is 82.9 Å². The first-order valence-corrected chi connectivity index (χ1v) is 12.8. The van der Waals surface area contributed by atoms with Crippen LogP contribution >= 0.6 is 0 Å². The number of furan rings is 1. The molecule has 5 rings (SSSR count). The molecule has 1 amide bonds. The second kappa shape index (κ2) is 8.59. The van der Waals surface area contributed by atoms with E-state index in [1.54, 1.807) is 6.07 Å². The summed E-state index contributed by atoms with van der Waals surface area (Å²) < 4.78 is 32.7. The van der Waals surface area contributed by atoms with Gasteiger partial charge in [0.2, 0.25) is 10.0 Å². The molecule has 2 aliphatic rings. The van der Waals surface area contributed by atoms with Crippen molar-refractivity contribution in [1.82, 2.24) is 5.32 Å². The van der Waals surface area contributed by atoms with Crippen molar-refractivity contribution in [2.45, 2.75) is 32.4 Å². The maximum absolute atomic E-state index is 12.9. The Bertz CT molecular complexity index is 1280. The summed E-state index contributed by atoms with van der Waals surface area (Å²) in [6.07, 6.45) is 3.18. The van der Waals surface area contributed by atoms with E-state index in [-0.39, 0.29) is 18.1 Å². The minimum absolute atomic E-state index is 0.0168. The second-order valence-corrected chi connectivity index (χ2v) is 10.6. The molecule has 1 N–H and O–H groups in total. The number of benzene rings is 2. The van der Waals surface area contributed by atoms with Crippen LogP contribution in [-0.2, 0) is 29.4 Å². The molecule has 1 aromatic heterocycles. The van der Waals surface area contributed by atoms with Crippen molar-refractivity contribution >= 4 is 27.3 Å². The summed E-state index contributed by atoms with van der Waals surface area (Å²) in [6, 6.07) is 17.9. The van der Waals surface area contributed by atoms with Gasteiger partial charge in [0.25, 0.3) is 5.91 Å². The number of carbonyl (C=O) groups is 1. The van der Waals surface area contributed by atoms with Gasteiger partial charge in [-0.2, -0.15) is 0 Å². The number of hydrogen-bond donors (Lipinski definition) is 1. The summed E-state index contributed by atoms with van der Waals surface area (Å²) in [5.74, 6) is -0.331. The molecule has 0 spiro atoms. The molecule has 7 nitrogen and oxygen atoms in total. The first-order valence-electron chi connectivity index (χ1n) is 11.2. The van der Waals surface area contributed by atoms with E-state index in [0.29, 0.717) is 25.6 Å². The summed E-state index contributed by atoms with van der Waals surface area (Å²) in [7, 11) is -3.53. The highest BCUT2D eigenvalue weighted by molar-refractivity contribution is 7.92. The zero-order valence-corrected chi connectivity index (χ0v) is 19.3. The van der Waals surface area contributed by atoms with Gasteiger partial charge in [0.15, 0.2) is 5.76 Å². The van der Waals surface area contributed by atoms with Gasteiger partial charge in [-0.25, -0.2) is 8.42 Å². The van der Waals surface area contributed by atoms with Crippen LogP contribution in [0.5, 0.6) is 0 Å². The van der Waals surface area contributed by atoms with Crippen molar-refractivity contribution in [2.24, 2.45) is 0 Å². The first kappa shape index (κ1) is 21.6. The number of hydrogen-bond acceptors (Lipinski definition) is 5. The number of sulfonamides is 1. The molecule has 8 heteroatoms. The standard InChI is InChI=1S/C25H27N3O4S/c1-18-16-20-7-3-4-8-22(20)27(18)17-21-11-14-32-24(21)25(29)26-12-15-33(30,31)28-13-10-19-6-2-5-9-23(19)28/h2-9,11,14,18H,10,12-13,15-17H2,1H3,(H,26,29). The van der Waals surface area contributed by atoms with Crippen molar-refractivity contribution < 1.29 is 17.6 Å². The first-order chi connectivity index (χ1) is 15.9. The number of carbonyl (C=O) groups excluding carboxylic acids is 1. The van der Waals surface area contributed by atoms with Gasteiger partial charge in [-0.1, -0.05) is 36.4 Å². The Balaban J connectivity index is 1.22. The number of nitrogens with zero attached hydrogens (tertiary/aromatic N) is 2. The van der Waals surface area contributed by atoms with Crippen LogP contribution in [0.3, 0.4) is 0 Å². The van der Waals surface area contributed by atoms with Crippen molar-refractivity contribution in [1.29, 1.82) is 0 Å². The van der Waals surface area contributed by atoms with Gasteiger partial charge in [-0.05, 0) is 49.1 Å². The maximum Gasteiger partial charge on any atom is 0.287 e. The van der Waals surface area contributed by atoms with E-state index in [1.165, 1.54) is 21.8 Å². The van der Waals surface area contributed by atoms with Gasteiger partial charge in [0.1, 0.15) is 0 Å². The Morgan fingerprint density at radius 3 is 2.61 bits per heavy atom. The molecular weight excluding hydrogens is 438 g/mol. The fraction of sp³-hybridized carbons (Fsp3) is 0.320. The number of fused-ring (bicyclic) bond motifs is 2. The zero-order chi connectivity index (χ0) is 23.0. The Labute approximate surface area is 194 Å². The molecule has 2 aliphatic heterocycles. The summed E-state index contributed by atoms with van der Waals surface area (Å²) in [6.45, 7) is 3.18. The zero-order valence-electron chi connectivity index (χ0n) is 18.5. The van der Waals surface area contributed by atoms with Gasteiger partial charge < -0.3 is 14.6 Å². The fourth-order valence-corrected chi connectivity index (χ4v) is 6.22. The van der Waals surface area contributed by atoms with Crippen LogP contribution in [0.2, 0.25) is 0 Å². The molecule has 0 aliphatic carbocycles. The van der Waals surface area contributed by atoms with E-state index in [2.05, 4.69) is 29.3 Å². The normalized spacial score (nSPS) is 17.2. The molecule has 0 fully saturated rings. The number of amides is 1. The third kappa shape index (κ3) is 4.11. The number of anilines is 2. The Hall–Kier alpha value is -3.26. The maximum atomic E-state index is 12.9. The lowest BCUT2D eigenvalue weighted by atomic mass is 10.1. The monoisotopic (exact) mass is 465 g/mol. The Morgan fingerprint density at radius 2 is 1.79 bits per heavy atom. The SMILES string of the molecule is CC1Cc2ccccc2N1Cc1ccoc1C(=O)NCCS(=O)(=O)N1CCc2ccccc21. The minimum atomic E-state index is -3.53. The van der Waals surface area contributed by atoms with E-state index in [4.69, 9.17) is 4.42 Å². The van der Waals surface area contributed by atoms with Gasteiger partial charge in [-0.15, -0.1) is 0 Å². The van der Waals surface area contributed by atoms with Crippen molar-refractivity contribution in [2.75, 3.05) is 28.0 Å². The van der Waals surface area contributed by atoms with Crippen LogP contribution in [0.25, 0.3) is 0 Å². The van der Waals surface area contributed by atoms with Gasteiger partial charge >= 0.3 is 0 Å². The second-order valence-electron chi connectivity index (χ2n) is 8.61. The van der Waals surface area contributed by atoms with E-state index >= 15 is 0 Å². The van der Waals surface area contributed by atoms with E-state index in [1.807, 2.05) is 36.4 Å². The fourth-order valence-electron chi connectivity index (χ4n) is 4.79. The molecule has 2 aromatic carbocycles. The van der Waals surface area contributed by atoms with Gasteiger partial charge in [0.05, 0.1) is 17.7 Å². The average molecular weight is 466 g/mol. The molecule has 3 heterocycles. The van der Waals surface area contributed by atoms with Crippen LogP contribution in [0, 0.1) is 0 Å². The quantitative estimate of drug-likeness (QED) is 0.579. The average Bonchev–Trinajstić information content (AvgIpc) is 3.51. The summed E-state index contributed by atoms with van der Waals surface area (Å²) in [5, 5.41) is 2.73. The largest absolute Gasteiger partial charge is 0.459 e. The highest BCUT2D eigenvalue weighted by Crippen LogP contribution is 2.34. The smallest absolute Gasteiger partial charge is 0.287 e. The molecule has 0 bridgehead atoms. The van der Waals surface area contributed by atoms with Crippen LogP contribution in [0.1, 0.15) is 34.2 Å². The highest BCUT2D eigenvalue weighted by atomic mass is 32.2. The third-order valence-corrected chi connectivity index (χ3v) is 8.24. The lowest BCUT2D eigenvalue weighted by Crippen LogP contribution is -2.37. The predicted molar refractivity (Wildman–Crippen MR) is 128 cm³/mol. The lowest BCUT2D eigenvalue weighted by Gasteiger charge is -2.24. The molecule has 172 valence electrons. The number of rotatable bonds is 7. The number of para-hydroxylation sites is 2. The highest BCUT2D eigenvalue weighted by Gasteiger charge is 2.30. The number of nitrogens with one attached hydrogen (secondary N) is 1. The molecule has 0 saturated carbocycles. The van der Waals surface area contributed by atoms with Crippen LogP contribution in [-0.4, -0.2) is 39.2 Å². The van der Waals surface area contributed by atoms with E-state index in [9.17, 15) is 13.2 Å². The lowest BCUT2D eigenvalue weighted by molar-refractivity contribution is 0.0927. The van der Waals surface area contributed by atoms with Crippen molar-refractivity contribution in [3.63, 3.8) is 0 Å². The van der Waals surface area contributed by atoms with E-state index in [0.717, 1.165) is 23.2 Å². The van der Waals surface area contributed by atoms with Crippen molar-refractivity contribution in [3.05, 3.63) is 83.3 Å². The summed E-state index contributed by atoms with van der Waals surface area (Å²) in [5.41, 5.74) is 5.02. The van der Waals surface area contributed by atoms with Crippen molar-refractivity contribution in [3.8, 4) is 0 Å². The van der Waals surface area contributed by atoms with Gasteiger partial charge in [-0.3, -0.25) is 9.10 Å². The van der Waals surface area contributed by atoms with Crippen LogP contribution < -0.4 is 14.5 Å². The molecule has 3 aromatic rings. The van der Waals surface area contributed by atoms with E-state index < -0.39 is 15.9 Å². The molecular formula is C25H27N3O4S. The Kier molecular flexibility index (Phi) is 5.62. The molecule has 1 atom stereocenters. The third-order valence-electron chi connectivity index (χ3n) is 6.47. The molecule has 0 saturated heterocycles. The molecule has 0 radical (unpaired) electrons. The Morgan fingerprint density at radius 1 is 1.06 bits per heavy atom. The molecule has 1 unspecified atom stereocenters. The summed E-state index contributed by atoms with van der Waals surface area (Å²) >= 11 is 0. The van der Waals surface area contributed by atoms with Gasteiger partial charge in [0, 0.05) is 36.9 Å².